The number of ether oxygens (including phenoxy) is 2. The largest absolute Gasteiger partial charge is 0.482 e. The fourth-order valence-electron chi connectivity index (χ4n) is 2.83. The van der Waals surface area contributed by atoms with Crippen molar-refractivity contribution in [1.29, 1.82) is 0 Å². The first kappa shape index (κ1) is 18.4. The van der Waals surface area contributed by atoms with Crippen LogP contribution in [0.15, 0.2) is 51.9 Å². The zero-order chi connectivity index (χ0) is 19.4. The summed E-state index contributed by atoms with van der Waals surface area (Å²) in [6, 6.07) is 10.5. The molecule has 0 aliphatic heterocycles. The summed E-state index contributed by atoms with van der Waals surface area (Å²) < 4.78 is 16.8. The number of hydrogen-bond donors (Lipinski definition) is 0. The topological polar surface area (TPSA) is 83.6 Å². The zero-order valence-electron chi connectivity index (χ0n) is 15.4. The molecule has 0 bridgehead atoms. The second-order valence-corrected chi connectivity index (χ2v) is 6.10. The van der Waals surface area contributed by atoms with Gasteiger partial charge in [-0.1, -0.05) is 17.3 Å². The molecule has 0 amide bonds. The van der Waals surface area contributed by atoms with E-state index in [2.05, 4.69) is 9.89 Å². The van der Waals surface area contributed by atoms with E-state index in [1.807, 2.05) is 26.0 Å². The average Bonchev–Trinajstić information content (AvgIpc) is 3.00. The maximum atomic E-state index is 12.3. The van der Waals surface area contributed by atoms with Gasteiger partial charge in [0.05, 0.1) is 19.3 Å². The molecule has 0 unspecified atom stereocenters. The van der Waals surface area contributed by atoms with E-state index in [4.69, 9.17) is 9.26 Å². The molecule has 2 aromatic heterocycles. The van der Waals surface area contributed by atoms with Crippen molar-refractivity contribution in [3.05, 3.63) is 70.0 Å². The van der Waals surface area contributed by atoms with E-state index < -0.39 is 5.97 Å². The summed E-state index contributed by atoms with van der Waals surface area (Å²) in [6.45, 7) is 3.91. The molecule has 0 atom stereocenters. The van der Waals surface area contributed by atoms with Gasteiger partial charge in [-0.05, 0) is 37.6 Å². The lowest BCUT2D eigenvalue weighted by Crippen LogP contribution is -2.19. The normalized spacial score (nSPS) is 10.6. The van der Waals surface area contributed by atoms with Crippen molar-refractivity contribution >= 4 is 5.97 Å². The van der Waals surface area contributed by atoms with Crippen molar-refractivity contribution < 1.29 is 18.8 Å². The summed E-state index contributed by atoms with van der Waals surface area (Å²) in [5.41, 5.74) is 3.28. The lowest BCUT2D eigenvalue weighted by atomic mass is 10.1. The van der Waals surface area contributed by atoms with Crippen LogP contribution in [0.3, 0.4) is 0 Å². The number of esters is 1. The Labute approximate surface area is 156 Å². The monoisotopic (exact) mass is 368 g/mol. The van der Waals surface area contributed by atoms with Crippen molar-refractivity contribution in [2.45, 2.75) is 20.4 Å². The van der Waals surface area contributed by atoms with Crippen molar-refractivity contribution in [3.8, 4) is 16.9 Å². The summed E-state index contributed by atoms with van der Waals surface area (Å²) in [5, 5.41) is 3.97. The molecule has 0 aliphatic rings. The second-order valence-electron chi connectivity index (χ2n) is 6.10. The van der Waals surface area contributed by atoms with Gasteiger partial charge in [-0.25, -0.2) is 4.79 Å². The molecule has 1 aromatic carbocycles. The molecular formula is C20H20N2O5. The molecule has 3 rings (SSSR count). The highest BCUT2D eigenvalue weighted by atomic mass is 16.6. The highest BCUT2D eigenvalue weighted by Gasteiger charge is 2.13. The number of carbonyl (C=O) groups is 1. The molecule has 0 N–H and O–H groups in total. The number of hydrogen-bond acceptors (Lipinski definition) is 6. The predicted molar refractivity (Wildman–Crippen MR) is 98.7 cm³/mol. The summed E-state index contributed by atoms with van der Waals surface area (Å²) in [5.74, 6) is 0.785. The van der Waals surface area contributed by atoms with Gasteiger partial charge in [0.25, 0.3) is 5.56 Å². The Morgan fingerprint density at radius 2 is 2.04 bits per heavy atom. The van der Waals surface area contributed by atoms with Crippen LogP contribution in [-0.2, 0) is 16.1 Å². The van der Waals surface area contributed by atoms with Crippen LogP contribution in [0.2, 0.25) is 0 Å². The minimum atomic E-state index is -0.455. The maximum Gasteiger partial charge on any atom is 0.343 e. The van der Waals surface area contributed by atoms with Gasteiger partial charge >= 0.3 is 5.97 Å². The van der Waals surface area contributed by atoms with Crippen LogP contribution in [0.25, 0.3) is 11.1 Å². The molecule has 27 heavy (non-hydrogen) atoms. The fraction of sp³-hybridized carbons (Fsp3) is 0.250. The highest BCUT2D eigenvalue weighted by Crippen LogP contribution is 2.26. The molecule has 0 aliphatic carbocycles. The van der Waals surface area contributed by atoms with Gasteiger partial charge in [-0.2, -0.15) is 0 Å². The molecular weight excluding hydrogens is 348 g/mol. The molecule has 2 heterocycles. The Bertz CT molecular complexity index is 1000. The molecule has 0 radical (unpaired) electrons. The summed E-state index contributed by atoms with van der Waals surface area (Å²) >= 11 is 0. The van der Waals surface area contributed by atoms with E-state index in [0.29, 0.717) is 18.1 Å². The Balaban J connectivity index is 1.85. The Hall–Kier alpha value is -3.35. The lowest BCUT2D eigenvalue weighted by molar-refractivity contribution is -0.142. The van der Waals surface area contributed by atoms with Crippen LogP contribution in [0.4, 0.5) is 0 Å². The number of pyridine rings is 1. The van der Waals surface area contributed by atoms with Crippen LogP contribution in [0.1, 0.15) is 17.0 Å². The van der Waals surface area contributed by atoms with Crippen LogP contribution < -0.4 is 10.3 Å². The van der Waals surface area contributed by atoms with Gasteiger partial charge < -0.3 is 18.6 Å². The van der Waals surface area contributed by atoms with E-state index in [9.17, 15) is 9.59 Å². The average molecular weight is 368 g/mol. The first-order valence-electron chi connectivity index (χ1n) is 8.40. The molecule has 7 nitrogen and oxygen atoms in total. The van der Waals surface area contributed by atoms with Crippen molar-refractivity contribution in [1.82, 2.24) is 9.72 Å². The van der Waals surface area contributed by atoms with Gasteiger partial charge in [0.2, 0.25) is 0 Å². The van der Waals surface area contributed by atoms with E-state index in [1.54, 1.807) is 29.0 Å². The first-order valence-corrected chi connectivity index (χ1v) is 8.40. The number of carbonyl (C=O) groups excluding carboxylic acids is 1. The minimum absolute atomic E-state index is 0.119. The van der Waals surface area contributed by atoms with Gasteiger partial charge in [-0.3, -0.25) is 4.79 Å². The summed E-state index contributed by atoms with van der Waals surface area (Å²) in [7, 11) is 1.31. The van der Waals surface area contributed by atoms with E-state index in [0.717, 1.165) is 22.4 Å². The van der Waals surface area contributed by atoms with Crippen molar-refractivity contribution in [3.63, 3.8) is 0 Å². The predicted octanol–water partition coefficient (Wildman–Crippen LogP) is 2.72. The molecule has 0 saturated carbocycles. The summed E-state index contributed by atoms with van der Waals surface area (Å²) in [6.07, 6.45) is 1.79. The maximum absolute atomic E-state index is 12.3. The lowest BCUT2D eigenvalue weighted by Gasteiger charge is -2.10. The molecule has 0 fully saturated rings. The highest BCUT2D eigenvalue weighted by molar-refractivity contribution is 5.70. The molecule has 0 spiro atoms. The van der Waals surface area contributed by atoms with Crippen molar-refractivity contribution in [2.24, 2.45) is 0 Å². The molecule has 7 heteroatoms. The third kappa shape index (κ3) is 4.25. The smallest absolute Gasteiger partial charge is 0.343 e. The number of methoxy groups -OCH3 is 1. The summed E-state index contributed by atoms with van der Waals surface area (Å²) in [4.78, 5) is 23.5. The number of rotatable bonds is 6. The van der Waals surface area contributed by atoms with E-state index in [-0.39, 0.29) is 12.2 Å². The Kier molecular flexibility index (Phi) is 5.40. The van der Waals surface area contributed by atoms with Gasteiger partial charge in [-0.15, -0.1) is 0 Å². The molecule has 3 aromatic rings. The number of nitrogens with zero attached hydrogens (tertiary/aromatic N) is 2. The standard InChI is InChI=1S/C20H20N2O5/c1-13-20(14(2)27-21-13)16-7-8-18(23)22(11-16)10-15-5-4-6-17(9-15)26-12-19(24)25-3/h4-9,11H,10,12H2,1-3H3. The third-order valence-electron chi connectivity index (χ3n) is 4.14. The third-order valence-corrected chi connectivity index (χ3v) is 4.14. The van der Waals surface area contributed by atoms with Crippen LogP contribution in [-0.4, -0.2) is 29.4 Å². The van der Waals surface area contributed by atoms with Crippen LogP contribution in [0, 0.1) is 13.8 Å². The number of benzene rings is 1. The Morgan fingerprint density at radius 1 is 1.22 bits per heavy atom. The molecule has 0 saturated heterocycles. The Morgan fingerprint density at radius 3 is 2.74 bits per heavy atom. The van der Waals surface area contributed by atoms with Gasteiger partial charge in [0.1, 0.15) is 11.5 Å². The van der Waals surface area contributed by atoms with Crippen LogP contribution >= 0.6 is 0 Å². The molecule has 140 valence electrons. The minimum Gasteiger partial charge on any atom is -0.482 e. The number of aromatic nitrogens is 2. The quantitative estimate of drug-likeness (QED) is 0.622. The van der Waals surface area contributed by atoms with Crippen molar-refractivity contribution in [2.75, 3.05) is 13.7 Å². The van der Waals surface area contributed by atoms with E-state index in [1.165, 1.54) is 13.2 Å². The second kappa shape index (κ2) is 7.90. The van der Waals surface area contributed by atoms with E-state index >= 15 is 0 Å². The first-order chi connectivity index (χ1) is 13.0. The number of aryl methyl sites for hydroxylation is 2. The van der Waals surface area contributed by atoms with Gasteiger partial charge in [0, 0.05) is 23.4 Å². The SMILES string of the molecule is COC(=O)COc1cccc(Cn2cc(-c3c(C)noc3C)ccc2=O)c1. The zero-order valence-corrected chi connectivity index (χ0v) is 15.4. The fourth-order valence-corrected chi connectivity index (χ4v) is 2.83. The van der Waals surface area contributed by atoms with Gasteiger partial charge in [0.15, 0.2) is 6.61 Å². The van der Waals surface area contributed by atoms with Crippen LogP contribution in [0.5, 0.6) is 5.75 Å².